The van der Waals surface area contributed by atoms with Crippen molar-refractivity contribution in [3.8, 4) is 0 Å². The Labute approximate surface area is 187 Å². The largest absolute Gasteiger partial charge is 0.351 e. The molecule has 4 rings (SSSR count). The molecule has 0 spiro atoms. The van der Waals surface area contributed by atoms with Crippen molar-refractivity contribution in [3.63, 3.8) is 0 Å². The molecule has 0 unspecified atom stereocenters. The molecule has 1 saturated heterocycles. The number of hydrogen-bond donors (Lipinski definition) is 1. The maximum atomic E-state index is 12.2. The number of fused-ring (bicyclic) bond motifs is 1. The summed E-state index contributed by atoms with van der Waals surface area (Å²) >= 11 is 11.4. The number of piperazine rings is 1. The number of thiazole rings is 1. The molecule has 5 nitrogen and oxygen atoms in total. The van der Waals surface area contributed by atoms with E-state index in [1.54, 1.807) is 11.3 Å². The van der Waals surface area contributed by atoms with Gasteiger partial charge in [-0.3, -0.25) is 9.69 Å². The minimum Gasteiger partial charge on any atom is -0.351 e. The highest BCUT2D eigenvalue weighted by atomic mass is 79.9. The summed E-state index contributed by atoms with van der Waals surface area (Å²) in [6.07, 6.45) is 0. The standard InChI is InChI=1S/C21H22BrClN4OS/c1-14-5-6-17(23)19-18(14)25-21(29-19)27-11-9-26(10-12-27)8-7-24-20(28)15-3-2-4-16(22)13-15/h2-6,13H,7-12H2,1H3,(H,24,28). The maximum Gasteiger partial charge on any atom is 0.251 e. The molecule has 0 aliphatic carbocycles. The summed E-state index contributed by atoms with van der Waals surface area (Å²) in [5, 5.41) is 4.82. The minimum atomic E-state index is -0.0355. The van der Waals surface area contributed by atoms with Crippen molar-refractivity contribution in [2.75, 3.05) is 44.2 Å². The summed E-state index contributed by atoms with van der Waals surface area (Å²) in [7, 11) is 0. The topological polar surface area (TPSA) is 48.5 Å². The lowest BCUT2D eigenvalue weighted by Crippen LogP contribution is -2.48. The van der Waals surface area contributed by atoms with Gasteiger partial charge in [0.2, 0.25) is 0 Å². The maximum absolute atomic E-state index is 12.2. The summed E-state index contributed by atoms with van der Waals surface area (Å²) in [4.78, 5) is 21.8. The number of benzene rings is 2. The average Bonchev–Trinajstić information content (AvgIpc) is 3.18. The van der Waals surface area contributed by atoms with E-state index in [1.165, 1.54) is 0 Å². The van der Waals surface area contributed by atoms with E-state index in [0.717, 1.165) is 63.1 Å². The SMILES string of the molecule is Cc1ccc(Cl)c2sc(N3CCN(CCNC(=O)c4cccc(Br)c4)CC3)nc12. The Kier molecular flexibility index (Phi) is 6.39. The average molecular weight is 494 g/mol. The van der Waals surface area contributed by atoms with Crippen LogP contribution < -0.4 is 10.2 Å². The molecule has 2 heterocycles. The van der Waals surface area contributed by atoms with Gasteiger partial charge in [0, 0.05) is 49.3 Å². The molecule has 29 heavy (non-hydrogen) atoms. The highest BCUT2D eigenvalue weighted by molar-refractivity contribution is 9.10. The van der Waals surface area contributed by atoms with Gasteiger partial charge in [0.05, 0.1) is 15.2 Å². The quantitative estimate of drug-likeness (QED) is 0.565. The first-order valence-corrected chi connectivity index (χ1v) is 11.6. The second kappa shape index (κ2) is 9.00. The number of hydrogen-bond acceptors (Lipinski definition) is 5. The van der Waals surface area contributed by atoms with Crippen LogP contribution in [0.4, 0.5) is 5.13 Å². The van der Waals surface area contributed by atoms with Crippen LogP contribution in [0.2, 0.25) is 5.02 Å². The van der Waals surface area contributed by atoms with Gasteiger partial charge in [-0.15, -0.1) is 0 Å². The number of nitrogens with one attached hydrogen (secondary N) is 1. The third kappa shape index (κ3) is 4.74. The smallest absolute Gasteiger partial charge is 0.251 e. The van der Waals surface area contributed by atoms with Crippen LogP contribution in [0.5, 0.6) is 0 Å². The number of carbonyl (C=O) groups is 1. The first-order valence-electron chi connectivity index (χ1n) is 9.58. The van der Waals surface area contributed by atoms with E-state index >= 15 is 0 Å². The molecular weight excluding hydrogens is 472 g/mol. The van der Waals surface area contributed by atoms with Gasteiger partial charge in [0.25, 0.3) is 5.91 Å². The number of amides is 1. The fourth-order valence-corrected chi connectivity index (χ4v) is 5.22. The number of anilines is 1. The number of aryl methyl sites for hydroxylation is 1. The van der Waals surface area contributed by atoms with E-state index in [2.05, 4.69) is 38.0 Å². The molecule has 1 aliphatic heterocycles. The first-order chi connectivity index (χ1) is 14.0. The predicted molar refractivity (Wildman–Crippen MR) is 124 cm³/mol. The lowest BCUT2D eigenvalue weighted by Gasteiger charge is -2.34. The Hall–Kier alpha value is -1.67. The summed E-state index contributed by atoms with van der Waals surface area (Å²) in [6.45, 7) is 7.32. The Balaban J connectivity index is 1.28. The van der Waals surface area contributed by atoms with E-state index in [0.29, 0.717) is 12.1 Å². The zero-order valence-electron chi connectivity index (χ0n) is 16.1. The van der Waals surface area contributed by atoms with Gasteiger partial charge in [-0.1, -0.05) is 51.0 Å². The van der Waals surface area contributed by atoms with Crippen molar-refractivity contribution in [3.05, 3.63) is 57.0 Å². The number of nitrogens with zero attached hydrogens (tertiary/aromatic N) is 3. The molecule has 0 saturated carbocycles. The van der Waals surface area contributed by atoms with Gasteiger partial charge >= 0.3 is 0 Å². The van der Waals surface area contributed by atoms with Crippen molar-refractivity contribution < 1.29 is 4.79 Å². The fraction of sp³-hybridized carbons (Fsp3) is 0.333. The molecule has 3 aromatic rings. The Morgan fingerprint density at radius 3 is 2.76 bits per heavy atom. The summed E-state index contributed by atoms with van der Waals surface area (Å²) < 4.78 is 1.98. The van der Waals surface area contributed by atoms with Crippen LogP contribution in [0.3, 0.4) is 0 Å². The highest BCUT2D eigenvalue weighted by Gasteiger charge is 2.21. The zero-order chi connectivity index (χ0) is 20.4. The van der Waals surface area contributed by atoms with Gasteiger partial charge in [0.15, 0.2) is 5.13 Å². The van der Waals surface area contributed by atoms with Crippen LogP contribution in [-0.4, -0.2) is 55.1 Å². The Morgan fingerprint density at radius 1 is 1.24 bits per heavy atom. The third-order valence-corrected chi connectivity index (χ3v) is 7.20. The molecule has 1 amide bonds. The van der Waals surface area contributed by atoms with Gasteiger partial charge < -0.3 is 10.2 Å². The zero-order valence-corrected chi connectivity index (χ0v) is 19.3. The fourth-order valence-electron chi connectivity index (χ4n) is 3.45. The Bertz CT molecular complexity index is 994. The van der Waals surface area contributed by atoms with E-state index in [9.17, 15) is 4.79 Å². The van der Waals surface area contributed by atoms with E-state index < -0.39 is 0 Å². The lowest BCUT2D eigenvalue weighted by molar-refractivity contribution is 0.0947. The van der Waals surface area contributed by atoms with E-state index in [1.807, 2.05) is 36.4 Å². The van der Waals surface area contributed by atoms with Gasteiger partial charge in [0.1, 0.15) is 0 Å². The van der Waals surface area contributed by atoms with Crippen LogP contribution in [-0.2, 0) is 0 Å². The van der Waals surface area contributed by atoms with Gasteiger partial charge in [-0.2, -0.15) is 0 Å². The van der Waals surface area contributed by atoms with E-state index in [-0.39, 0.29) is 5.91 Å². The molecule has 0 radical (unpaired) electrons. The van der Waals surface area contributed by atoms with Crippen molar-refractivity contribution in [2.45, 2.75) is 6.92 Å². The summed E-state index contributed by atoms with van der Waals surface area (Å²) in [5.41, 5.74) is 2.84. The second-order valence-corrected chi connectivity index (χ2v) is 9.43. The molecule has 0 atom stereocenters. The van der Waals surface area contributed by atoms with E-state index in [4.69, 9.17) is 16.6 Å². The molecule has 1 N–H and O–H groups in total. The van der Waals surface area contributed by atoms with Crippen LogP contribution in [0.25, 0.3) is 10.2 Å². The molecule has 1 aliphatic rings. The number of halogens is 2. The van der Waals surface area contributed by atoms with Crippen LogP contribution in [0.1, 0.15) is 15.9 Å². The first kappa shape index (κ1) is 20.6. The molecule has 1 fully saturated rings. The molecular formula is C21H22BrClN4OS. The summed E-state index contributed by atoms with van der Waals surface area (Å²) in [5.74, 6) is -0.0355. The monoisotopic (exact) mass is 492 g/mol. The molecule has 2 aromatic carbocycles. The van der Waals surface area contributed by atoms with Crippen LogP contribution >= 0.6 is 38.9 Å². The Morgan fingerprint density at radius 2 is 2.03 bits per heavy atom. The van der Waals surface area contributed by atoms with Gasteiger partial charge in [-0.25, -0.2) is 4.98 Å². The number of carbonyl (C=O) groups excluding carboxylic acids is 1. The molecule has 0 bridgehead atoms. The van der Waals surface area contributed by atoms with Crippen molar-refractivity contribution in [1.29, 1.82) is 0 Å². The summed E-state index contributed by atoms with van der Waals surface area (Å²) in [6, 6.07) is 11.4. The highest BCUT2D eigenvalue weighted by Crippen LogP contribution is 2.35. The molecule has 1 aromatic heterocycles. The molecule has 8 heteroatoms. The second-order valence-electron chi connectivity index (χ2n) is 7.13. The van der Waals surface area contributed by atoms with Crippen molar-refractivity contribution in [1.82, 2.24) is 15.2 Å². The van der Waals surface area contributed by atoms with Crippen LogP contribution in [0.15, 0.2) is 40.9 Å². The number of aromatic nitrogens is 1. The van der Waals surface area contributed by atoms with Crippen molar-refractivity contribution >= 4 is 60.1 Å². The van der Waals surface area contributed by atoms with Crippen molar-refractivity contribution in [2.24, 2.45) is 0 Å². The predicted octanol–water partition coefficient (Wildman–Crippen LogP) is 4.57. The molecule has 152 valence electrons. The minimum absolute atomic E-state index is 0.0355. The van der Waals surface area contributed by atoms with Gasteiger partial charge in [-0.05, 0) is 36.8 Å². The lowest BCUT2D eigenvalue weighted by atomic mass is 10.2. The third-order valence-electron chi connectivity index (χ3n) is 5.13. The van der Waals surface area contributed by atoms with Crippen LogP contribution in [0, 0.1) is 6.92 Å². The normalized spacial score (nSPS) is 15.1. The number of rotatable bonds is 5.